The van der Waals surface area contributed by atoms with E-state index in [1.54, 1.807) is 6.20 Å². The molecule has 34 heavy (non-hydrogen) atoms. The summed E-state index contributed by atoms with van der Waals surface area (Å²) in [6.45, 7) is 2.42. The number of carbonyl (C=O) groups is 1. The summed E-state index contributed by atoms with van der Waals surface area (Å²) in [5.74, 6) is 2.44. The average Bonchev–Trinajstić information content (AvgIpc) is 3.16. The second-order valence-electron chi connectivity index (χ2n) is 9.31. The SMILES string of the molecule is O=C(c1cc(-c2ccccn2)nc2ccccc12)N1CCC[C@H](c2nnc3n2CCCCC3)C1. The van der Waals surface area contributed by atoms with Crippen molar-refractivity contribution in [1.82, 2.24) is 29.6 Å². The predicted molar refractivity (Wildman–Crippen MR) is 130 cm³/mol. The summed E-state index contributed by atoms with van der Waals surface area (Å²) in [6.07, 6.45) is 8.36. The van der Waals surface area contributed by atoms with Gasteiger partial charge in [0.1, 0.15) is 11.6 Å². The molecule has 0 spiro atoms. The smallest absolute Gasteiger partial charge is 0.254 e. The number of fused-ring (bicyclic) bond motifs is 2. The number of piperidine rings is 1. The lowest BCUT2D eigenvalue weighted by Gasteiger charge is -2.33. The summed E-state index contributed by atoms with van der Waals surface area (Å²) in [4.78, 5) is 25.1. The first-order chi connectivity index (χ1) is 16.8. The minimum absolute atomic E-state index is 0.0519. The zero-order valence-electron chi connectivity index (χ0n) is 19.2. The van der Waals surface area contributed by atoms with Gasteiger partial charge in [0.05, 0.1) is 22.5 Å². The molecule has 4 aromatic rings. The van der Waals surface area contributed by atoms with Crippen LogP contribution in [0.3, 0.4) is 0 Å². The highest BCUT2D eigenvalue weighted by molar-refractivity contribution is 6.07. The van der Waals surface area contributed by atoms with E-state index in [9.17, 15) is 4.79 Å². The Bertz CT molecular complexity index is 1330. The van der Waals surface area contributed by atoms with Crippen LogP contribution in [-0.4, -0.2) is 48.6 Å². The molecule has 0 bridgehead atoms. The summed E-state index contributed by atoms with van der Waals surface area (Å²) >= 11 is 0. The van der Waals surface area contributed by atoms with Crippen molar-refractivity contribution < 1.29 is 4.79 Å². The Hall–Kier alpha value is -3.61. The minimum atomic E-state index is 0.0519. The molecule has 1 atom stereocenters. The number of hydrogen-bond acceptors (Lipinski definition) is 5. The minimum Gasteiger partial charge on any atom is -0.338 e. The first-order valence-corrected chi connectivity index (χ1v) is 12.3. The number of para-hydroxylation sites is 1. The lowest BCUT2D eigenvalue weighted by atomic mass is 9.95. The molecule has 3 aromatic heterocycles. The van der Waals surface area contributed by atoms with Crippen LogP contribution in [0.15, 0.2) is 54.7 Å². The molecule has 172 valence electrons. The fourth-order valence-corrected chi connectivity index (χ4v) is 5.35. The zero-order valence-corrected chi connectivity index (χ0v) is 19.2. The van der Waals surface area contributed by atoms with Crippen molar-refractivity contribution in [2.75, 3.05) is 13.1 Å². The first kappa shape index (κ1) is 21.0. The lowest BCUT2D eigenvalue weighted by Crippen LogP contribution is -2.40. The van der Waals surface area contributed by atoms with Crippen molar-refractivity contribution in [3.8, 4) is 11.4 Å². The molecular weight excluding hydrogens is 424 g/mol. The topological polar surface area (TPSA) is 76.8 Å². The molecule has 0 saturated carbocycles. The molecule has 1 saturated heterocycles. The fraction of sp³-hybridized carbons (Fsp3) is 0.370. The van der Waals surface area contributed by atoms with Gasteiger partial charge in [-0.15, -0.1) is 10.2 Å². The Morgan fingerprint density at radius 2 is 1.82 bits per heavy atom. The zero-order chi connectivity index (χ0) is 22.9. The van der Waals surface area contributed by atoms with E-state index in [1.807, 2.05) is 53.4 Å². The third kappa shape index (κ3) is 3.85. The lowest BCUT2D eigenvalue weighted by molar-refractivity contribution is 0.0705. The van der Waals surface area contributed by atoms with Crippen LogP contribution in [0.1, 0.15) is 60.0 Å². The average molecular weight is 453 g/mol. The van der Waals surface area contributed by atoms with Crippen molar-refractivity contribution in [3.05, 3.63) is 71.9 Å². The van der Waals surface area contributed by atoms with Crippen LogP contribution >= 0.6 is 0 Å². The van der Waals surface area contributed by atoms with E-state index in [-0.39, 0.29) is 11.8 Å². The number of amides is 1. The maximum absolute atomic E-state index is 13.9. The van der Waals surface area contributed by atoms with E-state index in [1.165, 1.54) is 19.3 Å². The highest BCUT2D eigenvalue weighted by Gasteiger charge is 2.30. The van der Waals surface area contributed by atoms with Gasteiger partial charge in [-0.1, -0.05) is 30.7 Å². The van der Waals surface area contributed by atoms with Crippen molar-refractivity contribution >= 4 is 16.8 Å². The molecular formula is C27H28N6O. The Balaban J connectivity index is 1.34. The molecule has 7 nitrogen and oxygen atoms in total. The Morgan fingerprint density at radius 3 is 2.74 bits per heavy atom. The van der Waals surface area contributed by atoms with Gasteiger partial charge < -0.3 is 9.47 Å². The molecule has 1 aromatic carbocycles. The first-order valence-electron chi connectivity index (χ1n) is 12.3. The number of hydrogen-bond donors (Lipinski definition) is 0. The Kier molecular flexibility index (Phi) is 5.53. The molecule has 6 rings (SSSR count). The van der Waals surface area contributed by atoms with Gasteiger partial charge in [-0.2, -0.15) is 0 Å². The standard InChI is InChI=1S/C27H28N6O/c34-27(21-17-24(23-12-5-6-14-28-23)29-22-11-4-3-10-20(21)22)32-15-8-9-19(18-32)26-31-30-25-13-2-1-7-16-33(25)26/h3-6,10-12,14,17,19H,1-2,7-9,13,15-16,18H2/t19-/m0/s1. The number of rotatable bonds is 3. The highest BCUT2D eigenvalue weighted by atomic mass is 16.2. The maximum Gasteiger partial charge on any atom is 0.254 e. The van der Waals surface area contributed by atoms with Gasteiger partial charge in [0.25, 0.3) is 5.91 Å². The van der Waals surface area contributed by atoms with Crippen LogP contribution in [-0.2, 0) is 13.0 Å². The normalized spacial score (nSPS) is 18.5. The highest BCUT2D eigenvalue weighted by Crippen LogP contribution is 2.31. The van der Waals surface area contributed by atoms with Crippen molar-refractivity contribution in [1.29, 1.82) is 0 Å². The summed E-state index contributed by atoms with van der Waals surface area (Å²) in [5.41, 5.74) is 2.99. The van der Waals surface area contributed by atoms with Gasteiger partial charge in [0, 0.05) is 43.6 Å². The molecule has 0 N–H and O–H groups in total. The van der Waals surface area contributed by atoms with Crippen molar-refractivity contribution in [2.24, 2.45) is 0 Å². The Morgan fingerprint density at radius 1 is 0.912 bits per heavy atom. The van der Waals surface area contributed by atoms with Gasteiger partial charge in [-0.05, 0) is 49.9 Å². The quantitative estimate of drug-likeness (QED) is 0.453. The summed E-state index contributed by atoms with van der Waals surface area (Å²) in [6, 6.07) is 15.5. The number of likely N-dealkylation sites (tertiary alicyclic amines) is 1. The molecule has 7 heteroatoms. The second-order valence-corrected chi connectivity index (χ2v) is 9.31. The number of carbonyl (C=O) groups excluding carboxylic acids is 1. The van der Waals surface area contributed by atoms with Crippen LogP contribution in [0, 0.1) is 0 Å². The molecule has 2 aliphatic rings. The van der Waals surface area contributed by atoms with E-state index in [0.717, 1.165) is 66.3 Å². The van der Waals surface area contributed by atoms with Gasteiger partial charge in [-0.25, -0.2) is 4.98 Å². The number of pyridine rings is 2. The van der Waals surface area contributed by atoms with Crippen LogP contribution < -0.4 is 0 Å². The van der Waals surface area contributed by atoms with Gasteiger partial charge in [0.15, 0.2) is 0 Å². The molecule has 1 amide bonds. The largest absolute Gasteiger partial charge is 0.338 e. The number of benzene rings is 1. The molecule has 2 aliphatic heterocycles. The van der Waals surface area contributed by atoms with E-state index < -0.39 is 0 Å². The summed E-state index contributed by atoms with van der Waals surface area (Å²) in [7, 11) is 0. The third-order valence-electron chi connectivity index (χ3n) is 7.09. The molecule has 1 fully saturated rings. The van der Waals surface area contributed by atoms with Crippen molar-refractivity contribution in [3.63, 3.8) is 0 Å². The van der Waals surface area contributed by atoms with E-state index in [4.69, 9.17) is 4.98 Å². The molecule has 5 heterocycles. The van der Waals surface area contributed by atoms with Crippen molar-refractivity contribution in [2.45, 2.75) is 51.0 Å². The summed E-state index contributed by atoms with van der Waals surface area (Å²) in [5, 5.41) is 9.97. The molecule has 0 aliphatic carbocycles. The number of nitrogens with zero attached hydrogens (tertiary/aromatic N) is 6. The number of aryl methyl sites for hydroxylation is 1. The summed E-state index contributed by atoms with van der Waals surface area (Å²) < 4.78 is 2.33. The molecule has 0 radical (unpaired) electrons. The predicted octanol–water partition coefficient (Wildman–Crippen LogP) is 4.63. The van der Waals surface area contributed by atoms with Gasteiger partial charge in [0.2, 0.25) is 0 Å². The van der Waals surface area contributed by atoms with E-state index >= 15 is 0 Å². The Labute approximate surface area is 198 Å². The third-order valence-corrected chi connectivity index (χ3v) is 7.09. The number of aromatic nitrogens is 5. The van der Waals surface area contributed by atoms with E-state index in [0.29, 0.717) is 12.1 Å². The van der Waals surface area contributed by atoms with Gasteiger partial charge >= 0.3 is 0 Å². The monoisotopic (exact) mass is 452 g/mol. The van der Waals surface area contributed by atoms with Crippen LogP contribution in [0.2, 0.25) is 0 Å². The van der Waals surface area contributed by atoms with Crippen LogP contribution in [0.4, 0.5) is 0 Å². The van der Waals surface area contributed by atoms with Crippen LogP contribution in [0.25, 0.3) is 22.3 Å². The fourth-order valence-electron chi connectivity index (χ4n) is 5.35. The van der Waals surface area contributed by atoms with E-state index in [2.05, 4.69) is 19.7 Å². The second kappa shape index (κ2) is 8.97. The molecule has 0 unspecified atom stereocenters. The van der Waals surface area contributed by atoms with Crippen LogP contribution in [0.5, 0.6) is 0 Å². The van der Waals surface area contributed by atoms with Gasteiger partial charge in [-0.3, -0.25) is 9.78 Å². The maximum atomic E-state index is 13.9.